The minimum Gasteiger partial charge on any atom is -0.456 e. The first kappa shape index (κ1) is 24.5. The van der Waals surface area contributed by atoms with E-state index in [4.69, 9.17) is 16.3 Å². The van der Waals surface area contributed by atoms with Gasteiger partial charge in [-0.1, -0.05) is 18.5 Å². The Morgan fingerprint density at radius 2 is 1.65 bits per heavy atom. The number of hydrogen-bond acceptors (Lipinski definition) is 6. The van der Waals surface area contributed by atoms with Crippen LogP contribution in [-0.4, -0.2) is 38.7 Å². The second kappa shape index (κ2) is 11.0. The summed E-state index contributed by atoms with van der Waals surface area (Å²) in [5, 5.41) is 3.08. The number of halogens is 1. The van der Waals surface area contributed by atoms with Gasteiger partial charge in [0.1, 0.15) is 6.04 Å². The number of ketones is 1. The first-order valence-corrected chi connectivity index (χ1v) is 11.4. The summed E-state index contributed by atoms with van der Waals surface area (Å²) in [7, 11) is -3.96. The molecule has 0 radical (unpaired) electrons. The SMILES string of the molecule is CCCC(=O)Nc1ccc(C(=O)COC(=O)[C@H](C)NS(=O)(=O)c2ccc(Cl)cc2)cc1. The highest BCUT2D eigenvalue weighted by Gasteiger charge is 2.24. The molecular formula is C21H23ClN2O6S. The van der Waals surface area contributed by atoms with E-state index in [1.54, 1.807) is 12.1 Å². The van der Waals surface area contributed by atoms with Crippen molar-refractivity contribution in [2.75, 3.05) is 11.9 Å². The molecule has 31 heavy (non-hydrogen) atoms. The van der Waals surface area contributed by atoms with Gasteiger partial charge in [0.15, 0.2) is 12.4 Å². The molecule has 2 aromatic carbocycles. The van der Waals surface area contributed by atoms with Crippen molar-refractivity contribution in [2.24, 2.45) is 0 Å². The van der Waals surface area contributed by atoms with Crippen molar-refractivity contribution < 1.29 is 27.5 Å². The summed E-state index contributed by atoms with van der Waals surface area (Å²) in [6, 6.07) is 10.4. The van der Waals surface area contributed by atoms with E-state index in [9.17, 15) is 22.8 Å². The topological polar surface area (TPSA) is 119 Å². The van der Waals surface area contributed by atoms with Gasteiger partial charge in [-0.25, -0.2) is 8.42 Å². The smallest absolute Gasteiger partial charge is 0.324 e. The van der Waals surface area contributed by atoms with E-state index in [0.29, 0.717) is 17.1 Å². The molecule has 0 aliphatic rings. The maximum Gasteiger partial charge on any atom is 0.324 e. The van der Waals surface area contributed by atoms with Crippen LogP contribution in [0.5, 0.6) is 0 Å². The molecule has 0 unspecified atom stereocenters. The molecule has 0 heterocycles. The maximum atomic E-state index is 12.3. The number of carbonyl (C=O) groups is 3. The number of rotatable bonds is 10. The lowest BCUT2D eigenvalue weighted by atomic mass is 10.1. The molecule has 0 aliphatic heterocycles. The molecule has 0 aromatic heterocycles. The second-order valence-electron chi connectivity index (χ2n) is 6.70. The molecule has 0 spiro atoms. The summed E-state index contributed by atoms with van der Waals surface area (Å²) >= 11 is 5.74. The molecule has 0 saturated carbocycles. The fourth-order valence-corrected chi connectivity index (χ4v) is 3.82. The third kappa shape index (κ3) is 7.46. The van der Waals surface area contributed by atoms with Crippen LogP contribution in [0.15, 0.2) is 53.4 Å². The van der Waals surface area contributed by atoms with Crippen molar-refractivity contribution in [1.82, 2.24) is 4.72 Å². The van der Waals surface area contributed by atoms with E-state index in [1.807, 2.05) is 6.92 Å². The zero-order valence-corrected chi connectivity index (χ0v) is 18.6. The number of nitrogens with one attached hydrogen (secondary N) is 2. The Balaban J connectivity index is 1.88. The van der Waals surface area contributed by atoms with Crippen molar-refractivity contribution in [3.63, 3.8) is 0 Å². The molecule has 1 atom stereocenters. The van der Waals surface area contributed by atoms with Gasteiger partial charge in [0, 0.05) is 22.7 Å². The predicted octanol–water partition coefficient (Wildman–Crippen LogP) is 3.17. The van der Waals surface area contributed by atoms with Crippen LogP contribution >= 0.6 is 11.6 Å². The van der Waals surface area contributed by atoms with Crippen molar-refractivity contribution in [2.45, 2.75) is 37.6 Å². The minimum atomic E-state index is -3.96. The average Bonchev–Trinajstić information content (AvgIpc) is 2.72. The van der Waals surface area contributed by atoms with E-state index in [2.05, 4.69) is 10.0 Å². The molecule has 0 bridgehead atoms. The Bertz CT molecular complexity index is 1040. The molecule has 2 N–H and O–H groups in total. The van der Waals surface area contributed by atoms with Gasteiger partial charge in [-0.05, 0) is 61.9 Å². The van der Waals surface area contributed by atoms with Crippen LogP contribution < -0.4 is 10.0 Å². The molecule has 0 fully saturated rings. The number of ether oxygens (including phenoxy) is 1. The fourth-order valence-electron chi connectivity index (χ4n) is 2.50. The summed E-state index contributed by atoms with van der Waals surface area (Å²) in [5.41, 5.74) is 0.841. The Kier molecular flexibility index (Phi) is 8.73. The summed E-state index contributed by atoms with van der Waals surface area (Å²) < 4.78 is 31.8. The monoisotopic (exact) mass is 466 g/mol. The van der Waals surface area contributed by atoms with Crippen molar-refractivity contribution in [3.8, 4) is 0 Å². The summed E-state index contributed by atoms with van der Waals surface area (Å²) in [6.45, 7) is 2.66. The van der Waals surface area contributed by atoms with Crippen LogP contribution in [0.3, 0.4) is 0 Å². The van der Waals surface area contributed by atoms with Gasteiger partial charge >= 0.3 is 5.97 Å². The highest BCUT2D eigenvalue weighted by atomic mass is 35.5. The van der Waals surface area contributed by atoms with Crippen LogP contribution in [0.2, 0.25) is 5.02 Å². The van der Waals surface area contributed by atoms with Gasteiger partial charge in [-0.2, -0.15) is 4.72 Å². The van der Waals surface area contributed by atoms with Crippen molar-refractivity contribution in [1.29, 1.82) is 0 Å². The molecule has 166 valence electrons. The summed E-state index contributed by atoms with van der Waals surface area (Å²) in [6.07, 6.45) is 1.12. The normalized spacial score (nSPS) is 12.1. The number of hydrogen-bond donors (Lipinski definition) is 2. The first-order valence-electron chi connectivity index (χ1n) is 9.50. The largest absolute Gasteiger partial charge is 0.456 e. The quantitative estimate of drug-likeness (QED) is 0.410. The van der Waals surface area contributed by atoms with Crippen LogP contribution in [-0.2, 0) is 24.3 Å². The van der Waals surface area contributed by atoms with E-state index >= 15 is 0 Å². The number of amides is 1. The highest BCUT2D eigenvalue weighted by molar-refractivity contribution is 7.89. The number of anilines is 1. The average molecular weight is 467 g/mol. The van der Waals surface area contributed by atoms with Crippen LogP contribution in [0.4, 0.5) is 5.69 Å². The Hall–Kier alpha value is -2.75. The van der Waals surface area contributed by atoms with Gasteiger partial charge in [0.2, 0.25) is 15.9 Å². The molecular weight excluding hydrogens is 444 g/mol. The van der Waals surface area contributed by atoms with Crippen molar-refractivity contribution >= 4 is 45.0 Å². The summed E-state index contributed by atoms with van der Waals surface area (Å²) in [4.78, 5) is 35.9. The highest BCUT2D eigenvalue weighted by Crippen LogP contribution is 2.15. The van der Waals surface area contributed by atoms with Gasteiger partial charge in [-0.15, -0.1) is 0 Å². The number of benzene rings is 2. The zero-order chi connectivity index (χ0) is 23.0. The number of carbonyl (C=O) groups excluding carboxylic acids is 3. The molecule has 10 heteroatoms. The number of sulfonamides is 1. The molecule has 0 aliphatic carbocycles. The van der Waals surface area contributed by atoms with Gasteiger partial charge < -0.3 is 10.1 Å². The zero-order valence-electron chi connectivity index (χ0n) is 17.1. The van der Waals surface area contributed by atoms with Gasteiger partial charge in [-0.3, -0.25) is 14.4 Å². The third-order valence-electron chi connectivity index (χ3n) is 4.12. The van der Waals surface area contributed by atoms with Gasteiger partial charge in [0.25, 0.3) is 0 Å². The lowest BCUT2D eigenvalue weighted by Gasteiger charge is -2.13. The lowest BCUT2D eigenvalue weighted by molar-refractivity contribution is -0.144. The van der Waals surface area contributed by atoms with Crippen LogP contribution in [0, 0.1) is 0 Å². The van der Waals surface area contributed by atoms with E-state index in [1.165, 1.54) is 43.3 Å². The van der Waals surface area contributed by atoms with E-state index in [0.717, 1.165) is 6.42 Å². The minimum absolute atomic E-state index is 0.0567. The van der Waals surface area contributed by atoms with Gasteiger partial charge in [0.05, 0.1) is 4.90 Å². The molecule has 1 amide bonds. The van der Waals surface area contributed by atoms with Crippen LogP contribution in [0.25, 0.3) is 0 Å². The predicted molar refractivity (Wildman–Crippen MR) is 117 cm³/mol. The molecule has 2 aromatic rings. The summed E-state index contributed by atoms with van der Waals surface area (Å²) in [5.74, 6) is -1.48. The molecule has 8 nitrogen and oxygen atoms in total. The fraction of sp³-hybridized carbons (Fsp3) is 0.286. The number of esters is 1. The molecule has 0 saturated heterocycles. The maximum absolute atomic E-state index is 12.3. The Morgan fingerprint density at radius 3 is 2.23 bits per heavy atom. The second-order valence-corrected chi connectivity index (χ2v) is 8.85. The standard InChI is InChI=1S/C21H23ClN2O6S/c1-3-4-20(26)23-17-9-5-15(6-10-17)19(25)13-30-21(27)14(2)24-31(28,29)18-11-7-16(22)8-12-18/h5-12,14,24H,3-4,13H2,1-2H3,(H,23,26)/t14-/m0/s1. The van der Waals surface area contributed by atoms with E-state index < -0.39 is 34.4 Å². The third-order valence-corrected chi connectivity index (χ3v) is 5.93. The Labute approximate surface area is 186 Å². The molecule has 2 rings (SSSR count). The van der Waals surface area contributed by atoms with E-state index in [-0.39, 0.29) is 16.4 Å². The first-order chi connectivity index (χ1) is 14.6. The van der Waals surface area contributed by atoms with Crippen molar-refractivity contribution in [3.05, 3.63) is 59.1 Å². The lowest BCUT2D eigenvalue weighted by Crippen LogP contribution is -2.40. The van der Waals surface area contributed by atoms with Crippen LogP contribution in [0.1, 0.15) is 37.0 Å². The Morgan fingerprint density at radius 1 is 1.03 bits per heavy atom. The number of Topliss-reactive ketones (excluding diaryl/α,β-unsaturated/α-hetero) is 1.